The van der Waals surface area contributed by atoms with E-state index in [0.717, 1.165) is 25.7 Å². The lowest BCUT2D eigenvalue weighted by Crippen LogP contribution is -2.49. The van der Waals surface area contributed by atoms with Crippen LogP contribution >= 0.6 is 0 Å². The van der Waals surface area contributed by atoms with E-state index in [2.05, 4.69) is 13.8 Å². The van der Waals surface area contributed by atoms with Crippen molar-refractivity contribution >= 4 is 17.7 Å². The summed E-state index contributed by atoms with van der Waals surface area (Å²) in [5, 5.41) is 0. The number of imide groups is 1. The maximum absolute atomic E-state index is 13.0. The van der Waals surface area contributed by atoms with Crippen LogP contribution in [0.5, 0.6) is 0 Å². The number of carbonyl (C=O) groups excluding carboxylic acids is 3. The molecule has 1 aliphatic heterocycles. The van der Waals surface area contributed by atoms with Crippen LogP contribution in [0.1, 0.15) is 62.7 Å². The summed E-state index contributed by atoms with van der Waals surface area (Å²) in [6.45, 7) is 5.56. The Hall–Kier alpha value is -2.17. The van der Waals surface area contributed by atoms with Crippen LogP contribution in [0.25, 0.3) is 0 Å². The molecule has 1 heterocycles. The Balaban J connectivity index is 2.17. The third-order valence-corrected chi connectivity index (χ3v) is 4.61. The zero-order chi connectivity index (χ0) is 18.2. The molecular formula is C20H28N2O3. The first-order valence-corrected chi connectivity index (χ1v) is 9.30. The normalized spacial score (nSPS) is 17.0. The van der Waals surface area contributed by atoms with E-state index in [-0.39, 0.29) is 24.1 Å². The van der Waals surface area contributed by atoms with Crippen LogP contribution in [0.4, 0.5) is 0 Å². The molecule has 0 aromatic heterocycles. The molecule has 0 N–H and O–H groups in total. The molecule has 3 amide bonds. The third kappa shape index (κ3) is 4.68. The van der Waals surface area contributed by atoms with Gasteiger partial charge in [0.1, 0.15) is 6.04 Å². The molecule has 5 nitrogen and oxygen atoms in total. The molecule has 25 heavy (non-hydrogen) atoms. The monoisotopic (exact) mass is 344 g/mol. The highest BCUT2D eigenvalue weighted by atomic mass is 16.2. The smallest absolute Gasteiger partial charge is 0.261 e. The van der Waals surface area contributed by atoms with Gasteiger partial charge in [0.25, 0.3) is 5.91 Å². The number of carbonyl (C=O) groups is 3. The Bertz CT molecular complexity index is 592. The summed E-state index contributed by atoms with van der Waals surface area (Å²) in [5.74, 6) is -0.706. The van der Waals surface area contributed by atoms with Crippen LogP contribution in [0.2, 0.25) is 0 Å². The van der Waals surface area contributed by atoms with E-state index < -0.39 is 6.04 Å². The SMILES string of the molecule is CCCCN(CCCC)C(=O)[C@@H]1CCC(=O)N1C(=O)c1ccccc1. The largest absolute Gasteiger partial charge is 0.341 e. The number of hydrogen-bond donors (Lipinski definition) is 0. The molecule has 1 saturated heterocycles. The summed E-state index contributed by atoms with van der Waals surface area (Å²) < 4.78 is 0. The summed E-state index contributed by atoms with van der Waals surface area (Å²) in [4.78, 5) is 41.1. The maximum atomic E-state index is 13.0. The Kier molecular flexibility index (Phi) is 7.16. The maximum Gasteiger partial charge on any atom is 0.261 e. The van der Waals surface area contributed by atoms with Gasteiger partial charge in [-0.25, -0.2) is 0 Å². The number of unbranched alkanes of at least 4 members (excludes halogenated alkanes) is 2. The van der Waals surface area contributed by atoms with Crippen LogP contribution in [0.3, 0.4) is 0 Å². The van der Waals surface area contributed by atoms with E-state index in [1.807, 2.05) is 11.0 Å². The van der Waals surface area contributed by atoms with E-state index in [9.17, 15) is 14.4 Å². The fourth-order valence-electron chi connectivity index (χ4n) is 3.13. The zero-order valence-corrected chi connectivity index (χ0v) is 15.2. The lowest BCUT2D eigenvalue weighted by atomic mass is 10.1. The van der Waals surface area contributed by atoms with Gasteiger partial charge in [0, 0.05) is 25.1 Å². The van der Waals surface area contributed by atoms with Gasteiger partial charge in [0.2, 0.25) is 11.8 Å². The van der Waals surface area contributed by atoms with E-state index in [1.165, 1.54) is 4.90 Å². The minimum atomic E-state index is -0.658. The van der Waals surface area contributed by atoms with Gasteiger partial charge >= 0.3 is 0 Å². The van der Waals surface area contributed by atoms with Crippen molar-refractivity contribution in [3.8, 4) is 0 Å². The van der Waals surface area contributed by atoms with Crippen molar-refractivity contribution in [1.29, 1.82) is 0 Å². The minimum Gasteiger partial charge on any atom is -0.341 e. The zero-order valence-electron chi connectivity index (χ0n) is 15.2. The number of benzene rings is 1. The van der Waals surface area contributed by atoms with E-state index in [0.29, 0.717) is 25.1 Å². The van der Waals surface area contributed by atoms with Crippen molar-refractivity contribution in [3.63, 3.8) is 0 Å². The van der Waals surface area contributed by atoms with Crippen LogP contribution < -0.4 is 0 Å². The van der Waals surface area contributed by atoms with Crippen molar-refractivity contribution < 1.29 is 14.4 Å². The predicted molar refractivity (Wildman–Crippen MR) is 97.0 cm³/mol. The van der Waals surface area contributed by atoms with Crippen molar-refractivity contribution in [2.45, 2.75) is 58.4 Å². The lowest BCUT2D eigenvalue weighted by molar-refractivity contribution is -0.139. The molecule has 0 bridgehead atoms. The van der Waals surface area contributed by atoms with E-state index in [1.54, 1.807) is 24.3 Å². The summed E-state index contributed by atoms with van der Waals surface area (Å²) in [6.07, 6.45) is 4.55. The molecule has 0 unspecified atom stereocenters. The Morgan fingerprint density at radius 2 is 1.68 bits per heavy atom. The number of rotatable bonds is 8. The van der Waals surface area contributed by atoms with Crippen LogP contribution in [0.15, 0.2) is 30.3 Å². The van der Waals surface area contributed by atoms with Gasteiger partial charge in [-0.05, 0) is 31.4 Å². The molecule has 1 fully saturated rings. The highest BCUT2D eigenvalue weighted by Gasteiger charge is 2.41. The summed E-state index contributed by atoms with van der Waals surface area (Å²) >= 11 is 0. The highest BCUT2D eigenvalue weighted by Crippen LogP contribution is 2.23. The fourth-order valence-corrected chi connectivity index (χ4v) is 3.13. The molecule has 0 saturated carbocycles. The second-order valence-electron chi connectivity index (χ2n) is 6.52. The molecule has 5 heteroatoms. The Morgan fingerprint density at radius 1 is 1.08 bits per heavy atom. The van der Waals surface area contributed by atoms with Crippen molar-refractivity contribution in [2.75, 3.05) is 13.1 Å². The average Bonchev–Trinajstić information content (AvgIpc) is 3.03. The summed E-state index contributed by atoms with van der Waals surface area (Å²) in [5.41, 5.74) is 0.448. The van der Waals surface area contributed by atoms with Crippen LogP contribution in [0, 0.1) is 0 Å². The van der Waals surface area contributed by atoms with Crippen molar-refractivity contribution in [3.05, 3.63) is 35.9 Å². The van der Waals surface area contributed by atoms with Gasteiger partial charge in [0.05, 0.1) is 0 Å². The second-order valence-corrected chi connectivity index (χ2v) is 6.52. The van der Waals surface area contributed by atoms with Crippen LogP contribution in [-0.2, 0) is 9.59 Å². The first-order chi connectivity index (χ1) is 12.1. The standard InChI is InChI=1S/C20H28N2O3/c1-3-5-14-21(15-6-4-2)20(25)17-12-13-18(23)22(17)19(24)16-10-8-7-9-11-16/h7-11,17H,3-6,12-15H2,1-2H3/t17-/m0/s1. The molecule has 1 aliphatic rings. The molecule has 1 aromatic rings. The number of hydrogen-bond acceptors (Lipinski definition) is 3. The van der Waals surface area contributed by atoms with Crippen molar-refractivity contribution in [2.24, 2.45) is 0 Å². The summed E-state index contributed by atoms with van der Waals surface area (Å²) in [7, 11) is 0. The molecule has 2 rings (SSSR count). The summed E-state index contributed by atoms with van der Waals surface area (Å²) in [6, 6.07) is 8.05. The molecule has 0 spiro atoms. The van der Waals surface area contributed by atoms with Gasteiger partial charge in [-0.15, -0.1) is 0 Å². The fraction of sp³-hybridized carbons (Fsp3) is 0.550. The average molecular weight is 344 g/mol. The second kappa shape index (κ2) is 9.35. The third-order valence-electron chi connectivity index (χ3n) is 4.61. The predicted octanol–water partition coefficient (Wildman–Crippen LogP) is 3.25. The van der Waals surface area contributed by atoms with Crippen molar-refractivity contribution in [1.82, 2.24) is 9.80 Å². The molecular weight excluding hydrogens is 316 g/mol. The van der Waals surface area contributed by atoms with Gasteiger partial charge in [-0.3, -0.25) is 19.3 Å². The number of amides is 3. The number of nitrogens with zero attached hydrogens (tertiary/aromatic N) is 2. The molecule has 1 aromatic carbocycles. The van der Waals surface area contributed by atoms with E-state index >= 15 is 0 Å². The lowest BCUT2D eigenvalue weighted by Gasteiger charge is -2.29. The molecule has 0 aliphatic carbocycles. The molecule has 1 atom stereocenters. The minimum absolute atomic E-state index is 0.0861. The Morgan fingerprint density at radius 3 is 2.24 bits per heavy atom. The first-order valence-electron chi connectivity index (χ1n) is 9.30. The van der Waals surface area contributed by atoms with Gasteiger partial charge in [-0.2, -0.15) is 0 Å². The van der Waals surface area contributed by atoms with Gasteiger partial charge in [-0.1, -0.05) is 44.9 Å². The highest BCUT2D eigenvalue weighted by molar-refractivity contribution is 6.09. The number of likely N-dealkylation sites (tertiary alicyclic amines) is 1. The van der Waals surface area contributed by atoms with Gasteiger partial charge < -0.3 is 4.90 Å². The van der Waals surface area contributed by atoms with E-state index in [4.69, 9.17) is 0 Å². The first kappa shape index (κ1) is 19.2. The quantitative estimate of drug-likeness (QED) is 0.680. The van der Waals surface area contributed by atoms with Gasteiger partial charge in [0.15, 0.2) is 0 Å². The topological polar surface area (TPSA) is 57.7 Å². The molecule has 136 valence electrons. The Labute approximate surface area is 150 Å². The van der Waals surface area contributed by atoms with Crippen LogP contribution in [-0.4, -0.2) is 46.7 Å². The molecule has 0 radical (unpaired) electrons.